The van der Waals surface area contributed by atoms with Gasteiger partial charge in [0.05, 0.1) is 0 Å². The van der Waals surface area contributed by atoms with Crippen molar-refractivity contribution in [2.24, 2.45) is 5.92 Å². The van der Waals surface area contributed by atoms with Crippen LogP contribution >= 0.6 is 0 Å². The van der Waals surface area contributed by atoms with Crippen LogP contribution in [0.4, 0.5) is 0 Å². The molecule has 118 valence electrons. The van der Waals surface area contributed by atoms with Crippen molar-refractivity contribution in [3.8, 4) is 0 Å². The molecule has 2 heteroatoms. The summed E-state index contributed by atoms with van der Waals surface area (Å²) < 4.78 is 0. The molecule has 2 rings (SSSR count). The summed E-state index contributed by atoms with van der Waals surface area (Å²) in [4.78, 5) is 2.30. The Labute approximate surface area is 130 Å². The van der Waals surface area contributed by atoms with Crippen molar-refractivity contribution in [2.45, 2.75) is 57.5 Å². The van der Waals surface area contributed by atoms with E-state index in [4.69, 9.17) is 0 Å². The Balaban J connectivity index is 1.83. The van der Waals surface area contributed by atoms with Crippen molar-refractivity contribution in [1.29, 1.82) is 0 Å². The highest BCUT2D eigenvalue weighted by atomic mass is 15.1. The Morgan fingerprint density at radius 3 is 2.19 bits per heavy atom. The van der Waals surface area contributed by atoms with Crippen LogP contribution in [-0.4, -0.2) is 37.6 Å². The standard InChI is InChI=1S/C19H32N2/c1-15(2)19(14-21(3)4)20-18-12-10-17(11-13-18)16-8-6-5-7-9-16/h5-9,15,17-20H,10-14H2,1-4H3. The summed E-state index contributed by atoms with van der Waals surface area (Å²) in [5.41, 5.74) is 1.53. The zero-order valence-electron chi connectivity index (χ0n) is 14.2. The predicted octanol–water partition coefficient (Wildman–Crippen LogP) is 3.89. The monoisotopic (exact) mass is 288 g/mol. The molecule has 0 saturated heterocycles. The summed E-state index contributed by atoms with van der Waals surface area (Å²) in [6.07, 6.45) is 5.29. The largest absolute Gasteiger partial charge is 0.310 e. The number of likely N-dealkylation sites (N-methyl/N-ethyl adjacent to an activating group) is 1. The lowest BCUT2D eigenvalue weighted by molar-refractivity contribution is 0.239. The Morgan fingerprint density at radius 1 is 1.05 bits per heavy atom. The molecule has 0 spiro atoms. The van der Waals surface area contributed by atoms with Crippen LogP contribution in [0.1, 0.15) is 51.0 Å². The highest BCUT2D eigenvalue weighted by molar-refractivity contribution is 5.20. The fraction of sp³-hybridized carbons (Fsp3) is 0.684. The molecule has 1 atom stereocenters. The smallest absolute Gasteiger partial charge is 0.0220 e. The summed E-state index contributed by atoms with van der Waals surface area (Å²) in [5, 5.41) is 3.92. The van der Waals surface area contributed by atoms with E-state index in [0.717, 1.165) is 12.5 Å². The van der Waals surface area contributed by atoms with E-state index in [1.54, 1.807) is 0 Å². The molecule has 21 heavy (non-hydrogen) atoms. The van der Waals surface area contributed by atoms with E-state index in [1.165, 1.54) is 31.2 Å². The third-order valence-electron chi connectivity index (χ3n) is 4.81. The second-order valence-electron chi connectivity index (χ2n) is 7.24. The third kappa shape index (κ3) is 5.12. The molecule has 1 aromatic carbocycles. The van der Waals surface area contributed by atoms with Crippen LogP contribution in [0.25, 0.3) is 0 Å². The second-order valence-corrected chi connectivity index (χ2v) is 7.24. The highest BCUT2D eigenvalue weighted by Crippen LogP contribution is 2.33. The number of hydrogen-bond acceptors (Lipinski definition) is 2. The lowest BCUT2D eigenvalue weighted by Gasteiger charge is -2.35. The molecule has 1 aliphatic carbocycles. The van der Waals surface area contributed by atoms with Crippen LogP contribution in [0, 0.1) is 5.92 Å². The lowest BCUT2D eigenvalue weighted by atomic mass is 9.81. The van der Waals surface area contributed by atoms with Gasteiger partial charge in [-0.1, -0.05) is 44.2 Å². The first kappa shape index (κ1) is 16.5. The number of hydrogen-bond donors (Lipinski definition) is 1. The first-order chi connectivity index (χ1) is 10.1. The van der Waals surface area contributed by atoms with E-state index >= 15 is 0 Å². The topological polar surface area (TPSA) is 15.3 Å². The highest BCUT2D eigenvalue weighted by Gasteiger charge is 2.25. The molecule has 0 bridgehead atoms. The minimum absolute atomic E-state index is 0.610. The van der Waals surface area contributed by atoms with Crippen LogP contribution < -0.4 is 5.32 Å². The van der Waals surface area contributed by atoms with Gasteiger partial charge in [-0.15, -0.1) is 0 Å². The molecule has 0 aromatic heterocycles. The Hall–Kier alpha value is -0.860. The van der Waals surface area contributed by atoms with E-state index in [9.17, 15) is 0 Å². The molecule has 0 heterocycles. The van der Waals surface area contributed by atoms with Crippen LogP contribution in [0.5, 0.6) is 0 Å². The van der Waals surface area contributed by atoms with Crippen LogP contribution in [0.15, 0.2) is 30.3 Å². The molecule has 1 saturated carbocycles. The van der Waals surface area contributed by atoms with Gasteiger partial charge in [0.2, 0.25) is 0 Å². The number of rotatable bonds is 6. The van der Waals surface area contributed by atoms with Crippen LogP contribution in [0.2, 0.25) is 0 Å². The Bertz CT molecular complexity index is 391. The summed E-state index contributed by atoms with van der Waals surface area (Å²) in [6.45, 7) is 5.80. The van der Waals surface area contributed by atoms with Gasteiger partial charge >= 0.3 is 0 Å². The summed E-state index contributed by atoms with van der Waals surface area (Å²) in [6, 6.07) is 12.4. The zero-order chi connectivity index (χ0) is 15.2. The molecule has 1 aromatic rings. The van der Waals surface area contributed by atoms with E-state index in [0.29, 0.717) is 18.0 Å². The molecular weight excluding hydrogens is 256 g/mol. The minimum atomic E-state index is 0.610. The summed E-state index contributed by atoms with van der Waals surface area (Å²) in [5.74, 6) is 1.47. The number of benzene rings is 1. The van der Waals surface area contributed by atoms with Crippen molar-refractivity contribution < 1.29 is 0 Å². The molecule has 1 aliphatic rings. The molecule has 0 radical (unpaired) electrons. The van der Waals surface area contributed by atoms with Crippen molar-refractivity contribution in [2.75, 3.05) is 20.6 Å². The fourth-order valence-corrected chi connectivity index (χ4v) is 3.47. The molecule has 2 nitrogen and oxygen atoms in total. The fourth-order valence-electron chi connectivity index (χ4n) is 3.47. The average molecular weight is 288 g/mol. The maximum Gasteiger partial charge on any atom is 0.0220 e. The molecule has 1 unspecified atom stereocenters. The lowest BCUT2D eigenvalue weighted by Crippen LogP contribution is -2.47. The predicted molar refractivity (Wildman–Crippen MR) is 91.8 cm³/mol. The van der Waals surface area contributed by atoms with Gasteiger partial charge in [0.25, 0.3) is 0 Å². The van der Waals surface area contributed by atoms with Gasteiger partial charge in [0, 0.05) is 18.6 Å². The maximum absolute atomic E-state index is 3.92. The van der Waals surface area contributed by atoms with Gasteiger partial charge in [0.1, 0.15) is 0 Å². The number of nitrogens with zero attached hydrogens (tertiary/aromatic N) is 1. The molecule has 1 fully saturated rings. The average Bonchev–Trinajstić information content (AvgIpc) is 2.48. The van der Waals surface area contributed by atoms with E-state index in [1.807, 2.05) is 0 Å². The first-order valence-corrected chi connectivity index (χ1v) is 8.52. The van der Waals surface area contributed by atoms with Crippen molar-refractivity contribution in [3.05, 3.63) is 35.9 Å². The van der Waals surface area contributed by atoms with Gasteiger partial charge in [-0.3, -0.25) is 0 Å². The van der Waals surface area contributed by atoms with Gasteiger partial charge in [-0.2, -0.15) is 0 Å². The quantitative estimate of drug-likeness (QED) is 0.854. The number of nitrogens with one attached hydrogen (secondary N) is 1. The molecule has 1 N–H and O–H groups in total. The first-order valence-electron chi connectivity index (χ1n) is 8.52. The van der Waals surface area contributed by atoms with Gasteiger partial charge in [-0.25, -0.2) is 0 Å². The van der Waals surface area contributed by atoms with Gasteiger partial charge in [0.15, 0.2) is 0 Å². The van der Waals surface area contributed by atoms with E-state index < -0.39 is 0 Å². The SMILES string of the molecule is CC(C)C(CN(C)C)NC1CCC(c2ccccc2)CC1. The molecule has 0 amide bonds. The second kappa shape index (κ2) is 7.95. The van der Waals surface area contributed by atoms with Crippen molar-refractivity contribution in [1.82, 2.24) is 10.2 Å². The van der Waals surface area contributed by atoms with Gasteiger partial charge < -0.3 is 10.2 Å². The Kier molecular flexibility index (Phi) is 6.25. The van der Waals surface area contributed by atoms with Gasteiger partial charge in [-0.05, 0) is 57.2 Å². The Morgan fingerprint density at radius 2 is 1.67 bits per heavy atom. The van der Waals surface area contributed by atoms with Crippen molar-refractivity contribution in [3.63, 3.8) is 0 Å². The van der Waals surface area contributed by atoms with E-state index in [2.05, 4.69) is 68.5 Å². The summed E-state index contributed by atoms with van der Waals surface area (Å²) >= 11 is 0. The normalized spacial score (nSPS) is 24.5. The van der Waals surface area contributed by atoms with Crippen LogP contribution in [-0.2, 0) is 0 Å². The maximum atomic E-state index is 3.92. The third-order valence-corrected chi connectivity index (χ3v) is 4.81. The van der Waals surface area contributed by atoms with Crippen molar-refractivity contribution >= 4 is 0 Å². The van der Waals surface area contributed by atoms with Crippen LogP contribution in [0.3, 0.4) is 0 Å². The zero-order valence-corrected chi connectivity index (χ0v) is 14.2. The molecular formula is C19H32N2. The summed E-state index contributed by atoms with van der Waals surface area (Å²) in [7, 11) is 4.34. The minimum Gasteiger partial charge on any atom is -0.310 e. The van der Waals surface area contributed by atoms with E-state index in [-0.39, 0.29) is 0 Å². The molecule has 0 aliphatic heterocycles.